The second-order valence-electron chi connectivity index (χ2n) is 4.34. The molecule has 2 aromatic carbocycles. The molecule has 1 aliphatic rings. The van der Waals surface area contributed by atoms with Gasteiger partial charge in [-0.25, -0.2) is 9.18 Å². The van der Waals surface area contributed by atoms with Crippen LogP contribution in [0.4, 0.5) is 4.39 Å². The summed E-state index contributed by atoms with van der Waals surface area (Å²) in [5.41, 5.74) is 1.29. The number of hydrogen-bond donors (Lipinski definition) is 1. The van der Waals surface area contributed by atoms with E-state index in [-0.39, 0.29) is 5.56 Å². The van der Waals surface area contributed by atoms with Crippen molar-refractivity contribution in [2.45, 2.75) is 9.79 Å². The first-order valence-corrected chi connectivity index (χ1v) is 6.98. The molecule has 0 aromatic heterocycles. The molecule has 3 rings (SSSR count). The van der Waals surface area contributed by atoms with Crippen LogP contribution in [0.25, 0.3) is 12.2 Å². The lowest BCUT2D eigenvalue weighted by molar-refractivity contribution is 0.0696. The standard InChI is InChI=1S/C15H9FO3S/c16-12-5-6-13-10(7-12)3-1-9-2-4-11(15(17)18)8-14(9)20(13)19/h1-8H,(H,17,18). The molecule has 1 heterocycles. The summed E-state index contributed by atoms with van der Waals surface area (Å²) in [7, 11) is 0. The second-order valence-corrected chi connectivity index (χ2v) is 5.76. The van der Waals surface area contributed by atoms with Crippen LogP contribution in [0.15, 0.2) is 46.2 Å². The molecule has 0 bridgehead atoms. The maximum Gasteiger partial charge on any atom is 0.335 e. The zero-order chi connectivity index (χ0) is 14.3. The maximum absolute atomic E-state index is 13.2. The van der Waals surface area contributed by atoms with Crippen molar-refractivity contribution in [3.05, 3.63) is 58.9 Å². The average molecular weight is 288 g/mol. The highest BCUT2D eigenvalue weighted by Crippen LogP contribution is 2.33. The van der Waals surface area contributed by atoms with Crippen LogP contribution in [-0.4, -0.2) is 15.6 Å². The molecule has 2 aromatic rings. The van der Waals surface area contributed by atoms with Gasteiger partial charge in [-0.2, -0.15) is 0 Å². The highest BCUT2D eigenvalue weighted by atomic mass is 32.2. The van der Waals surface area contributed by atoms with Gasteiger partial charge in [-0.1, -0.05) is 0 Å². The first-order chi connectivity index (χ1) is 9.56. The average Bonchev–Trinajstić information content (AvgIpc) is 2.56. The molecule has 1 atom stereocenters. The molecule has 0 amide bonds. The van der Waals surface area contributed by atoms with E-state index >= 15 is 0 Å². The van der Waals surface area contributed by atoms with Gasteiger partial charge in [0.15, 0.2) is 9.79 Å². The molecule has 1 unspecified atom stereocenters. The van der Waals surface area contributed by atoms with Crippen molar-refractivity contribution in [3.8, 4) is 0 Å². The topological polar surface area (TPSA) is 60.4 Å². The van der Waals surface area contributed by atoms with E-state index in [9.17, 15) is 13.7 Å². The molecule has 0 saturated carbocycles. The number of halogens is 1. The summed E-state index contributed by atoms with van der Waals surface area (Å²) in [6.07, 6.45) is 3.40. The van der Waals surface area contributed by atoms with Gasteiger partial charge in [-0.3, -0.25) is 0 Å². The Bertz CT molecular complexity index is 740. The van der Waals surface area contributed by atoms with Crippen molar-refractivity contribution < 1.29 is 18.8 Å². The Labute approximate surface area is 117 Å². The van der Waals surface area contributed by atoms with E-state index in [0.717, 1.165) is 0 Å². The summed E-state index contributed by atoms with van der Waals surface area (Å²) >= 11 is -1.54. The lowest BCUT2D eigenvalue weighted by Crippen LogP contribution is -2.07. The Hall–Kier alpha value is -2.11. The van der Waals surface area contributed by atoms with Crippen LogP contribution in [0.3, 0.4) is 0 Å². The van der Waals surface area contributed by atoms with Crippen molar-refractivity contribution in [1.29, 1.82) is 0 Å². The Morgan fingerprint density at radius 3 is 2.55 bits per heavy atom. The molecule has 0 fully saturated rings. The smallest absolute Gasteiger partial charge is 0.335 e. The number of carboxylic acid groups (broad SMARTS) is 1. The summed E-state index contributed by atoms with van der Waals surface area (Å²) in [5, 5.41) is 9.01. The predicted octanol–water partition coefficient (Wildman–Crippen LogP) is 3.17. The van der Waals surface area contributed by atoms with E-state index in [2.05, 4.69) is 0 Å². The van der Waals surface area contributed by atoms with Gasteiger partial charge in [0.05, 0.1) is 5.56 Å². The van der Waals surface area contributed by atoms with Crippen molar-refractivity contribution in [3.63, 3.8) is 0 Å². The fraction of sp³-hybridized carbons (Fsp3) is 0. The number of carboxylic acids is 1. The molecule has 100 valence electrons. The molecular weight excluding hydrogens is 279 g/mol. The molecule has 0 radical (unpaired) electrons. The third kappa shape index (κ3) is 2.11. The predicted molar refractivity (Wildman–Crippen MR) is 73.4 cm³/mol. The summed E-state index contributed by atoms with van der Waals surface area (Å²) < 4.78 is 25.8. The first kappa shape index (κ1) is 12.9. The number of rotatable bonds is 1. The van der Waals surface area contributed by atoms with Gasteiger partial charge in [-0.05, 0) is 42.5 Å². The van der Waals surface area contributed by atoms with Crippen LogP contribution in [-0.2, 0) is 11.2 Å². The number of fused-ring (bicyclic) bond motifs is 2. The molecule has 0 saturated heterocycles. The number of aromatic carboxylic acids is 1. The zero-order valence-corrected chi connectivity index (χ0v) is 11.0. The molecule has 1 N–H and O–H groups in total. The Morgan fingerprint density at radius 1 is 1.05 bits per heavy atom. The fourth-order valence-corrected chi connectivity index (χ4v) is 3.44. The molecule has 1 aliphatic heterocycles. The molecule has 5 heteroatoms. The van der Waals surface area contributed by atoms with Gasteiger partial charge in [0.1, 0.15) is 5.82 Å². The summed E-state index contributed by atoms with van der Waals surface area (Å²) in [5.74, 6) is -1.47. The van der Waals surface area contributed by atoms with Gasteiger partial charge in [0.2, 0.25) is 0 Å². The summed E-state index contributed by atoms with van der Waals surface area (Å²) in [4.78, 5) is 11.9. The lowest BCUT2D eigenvalue weighted by atomic mass is 10.1. The minimum atomic E-state index is -1.54. The van der Waals surface area contributed by atoms with E-state index in [4.69, 9.17) is 5.11 Å². The normalized spacial score (nSPS) is 16.2. The van der Waals surface area contributed by atoms with Crippen LogP contribution in [0.1, 0.15) is 21.5 Å². The summed E-state index contributed by atoms with van der Waals surface area (Å²) in [6.45, 7) is 0. The van der Waals surface area contributed by atoms with E-state index < -0.39 is 23.0 Å². The van der Waals surface area contributed by atoms with E-state index in [1.807, 2.05) is 0 Å². The van der Waals surface area contributed by atoms with Crippen molar-refractivity contribution >= 4 is 29.3 Å². The zero-order valence-electron chi connectivity index (χ0n) is 10.2. The third-order valence-electron chi connectivity index (χ3n) is 3.07. The Balaban J connectivity index is 2.20. The largest absolute Gasteiger partial charge is 0.606 e. The van der Waals surface area contributed by atoms with Crippen LogP contribution in [0.2, 0.25) is 0 Å². The van der Waals surface area contributed by atoms with E-state index in [1.54, 1.807) is 18.2 Å². The highest BCUT2D eigenvalue weighted by molar-refractivity contribution is 7.91. The van der Waals surface area contributed by atoms with Crippen LogP contribution < -0.4 is 0 Å². The van der Waals surface area contributed by atoms with Crippen LogP contribution >= 0.6 is 0 Å². The van der Waals surface area contributed by atoms with Gasteiger partial charge in [0, 0.05) is 28.4 Å². The maximum atomic E-state index is 13.2. The minimum absolute atomic E-state index is 0.0797. The van der Waals surface area contributed by atoms with Crippen molar-refractivity contribution in [2.24, 2.45) is 0 Å². The fourth-order valence-electron chi connectivity index (χ4n) is 2.08. The monoisotopic (exact) mass is 288 g/mol. The highest BCUT2D eigenvalue weighted by Gasteiger charge is 2.25. The van der Waals surface area contributed by atoms with Crippen molar-refractivity contribution in [2.75, 3.05) is 0 Å². The van der Waals surface area contributed by atoms with Gasteiger partial charge in [0.25, 0.3) is 0 Å². The number of carbonyl (C=O) groups is 1. The molecule has 0 aliphatic carbocycles. The van der Waals surface area contributed by atoms with Crippen LogP contribution in [0, 0.1) is 5.82 Å². The third-order valence-corrected chi connectivity index (χ3v) is 4.60. The lowest BCUT2D eigenvalue weighted by Gasteiger charge is -2.12. The number of benzene rings is 2. The molecule has 3 nitrogen and oxygen atoms in total. The molecule has 0 spiro atoms. The Morgan fingerprint density at radius 2 is 1.80 bits per heavy atom. The van der Waals surface area contributed by atoms with Crippen LogP contribution in [0.5, 0.6) is 0 Å². The SMILES string of the molecule is O=C(O)c1ccc2c(c1)[S+]([O-])c1ccc(F)cc1C=C2. The number of hydrogen-bond acceptors (Lipinski definition) is 2. The van der Waals surface area contributed by atoms with Crippen molar-refractivity contribution in [1.82, 2.24) is 0 Å². The Kier molecular flexibility index (Phi) is 3.08. The molecular formula is C15H9FO3S. The molecule has 20 heavy (non-hydrogen) atoms. The van der Waals surface area contributed by atoms with Gasteiger partial charge in [-0.15, -0.1) is 0 Å². The minimum Gasteiger partial charge on any atom is -0.606 e. The summed E-state index contributed by atoms with van der Waals surface area (Å²) in [6, 6.07) is 8.49. The quantitative estimate of drug-likeness (QED) is 0.820. The van der Waals surface area contributed by atoms with E-state index in [0.29, 0.717) is 20.9 Å². The first-order valence-electron chi connectivity index (χ1n) is 5.83. The van der Waals surface area contributed by atoms with Gasteiger partial charge < -0.3 is 9.66 Å². The second kappa shape index (κ2) is 4.77. The van der Waals surface area contributed by atoms with Gasteiger partial charge >= 0.3 is 5.97 Å². The van der Waals surface area contributed by atoms with E-state index in [1.165, 1.54) is 30.3 Å².